The van der Waals surface area contributed by atoms with Crippen molar-refractivity contribution in [2.45, 2.75) is 44.6 Å². The number of likely N-dealkylation sites (tertiary alicyclic amines) is 1. The number of carbonyl (C=O) groups is 2. The minimum atomic E-state index is -3.40. The molecule has 2 heterocycles. The number of nitrogens with zero attached hydrogens (tertiary/aromatic N) is 2. The fourth-order valence-electron chi connectivity index (χ4n) is 4.60. The van der Waals surface area contributed by atoms with Gasteiger partial charge in [0.25, 0.3) is 0 Å². The van der Waals surface area contributed by atoms with Crippen molar-refractivity contribution in [1.82, 2.24) is 9.80 Å². The number of carbonyl (C=O) groups excluding carboxylic acids is 2. The number of sulfone groups is 1. The molecule has 0 saturated carbocycles. The monoisotopic (exact) mass is 390 g/mol. The molecule has 0 unspecified atom stereocenters. The summed E-state index contributed by atoms with van der Waals surface area (Å²) in [5.41, 5.74) is 2.62. The molecule has 2 amide bonds. The van der Waals surface area contributed by atoms with Gasteiger partial charge < -0.3 is 9.80 Å². The second-order valence-corrected chi connectivity index (χ2v) is 10.1. The Morgan fingerprint density at radius 3 is 2.52 bits per heavy atom. The van der Waals surface area contributed by atoms with E-state index in [2.05, 4.69) is 12.1 Å². The van der Waals surface area contributed by atoms with Gasteiger partial charge in [-0.05, 0) is 49.1 Å². The first kappa shape index (κ1) is 18.5. The molecule has 27 heavy (non-hydrogen) atoms. The molecule has 0 radical (unpaired) electrons. The third kappa shape index (κ3) is 3.88. The molecule has 1 aliphatic carbocycles. The molecule has 3 aliphatic rings. The lowest BCUT2D eigenvalue weighted by atomic mass is 9.82. The van der Waals surface area contributed by atoms with E-state index in [0.29, 0.717) is 19.5 Å². The smallest absolute Gasteiger partial charge is 0.246 e. The molecule has 2 fully saturated rings. The van der Waals surface area contributed by atoms with Gasteiger partial charge in [0.1, 0.15) is 11.9 Å². The maximum absolute atomic E-state index is 12.9. The zero-order chi connectivity index (χ0) is 19.0. The predicted octanol–water partition coefficient (Wildman–Crippen LogP) is 1.39. The summed E-state index contributed by atoms with van der Waals surface area (Å²) in [7, 11) is -3.40. The van der Waals surface area contributed by atoms with Crippen molar-refractivity contribution in [3.05, 3.63) is 35.4 Å². The van der Waals surface area contributed by atoms with E-state index in [1.807, 2.05) is 12.1 Å². The third-order valence-electron chi connectivity index (χ3n) is 6.06. The van der Waals surface area contributed by atoms with Crippen molar-refractivity contribution in [3.8, 4) is 0 Å². The predicted molar refractivity (Wildman–Crippen MR) is 102 cm³/mol. The largest absolute Gasteiger partial charge is 0.341 e. The highest BCUT2D eigenvalue weighted by Gasteiger charge is 2.44. The molecule has 4 rings (SSSR count). The number of hydrogen-bond donors (Lipinski definition) is 0. The van der Waals surface area contributed by atoms with E-state index in [1.54, 1.807) is 4.90 Å². The molecule has 1 aromatic rings. The Morgan fingerprint density at radius 1 is 1.07 bits per heavy atom. The van der Waals surface area contributed by atoms with Crippen LogP contribution in [0.15, 0.2) is 24.3 Å². The van der Waals surface area contributed by atoms with E-state index < -0.39 is 15.9 Å². The van der Waals surface area contributed by atoms with Crippen LogP contribution in [-0.2, 0) is 32.3 Å². The first-order valence-corrected chi connectivity index (χ1v) is 11.6. The zero-order valence-corrected chi connectivity index (χ0v) is 16.3. The fourth-order valence-corrected chi connectivity index (χ4v) is 6.25. The topological polar surface area (TPSA) is 74.8 Å². The van der Waals surface area contributed by atoms with E-state index in [9.17, 15) is 18.0 Å². The minimum Gasteiger partial charge on any atom is -0.341 e. The summed E-state index contributed by atoms with van der Waals surface area (Å²) < 4.78 is 24.3. The highest BCUT2D eigenvalue weighted by Crippen LogP contribution is 2.29. The van der Waals surface area contributed by atoms with E-state index in [0.717, 1.165) is 32.1 Å². The summed E-state index contributed by atoms with van der Waals surface area (Å²) in [6.07, 6.45) is 4.92. The molecule has 6 nitrogen and oxygen atoms in total. The zero-order valence-electron chi connectivity index (χ0n) is 15.5. The van der Waals surface area contributed by atoms with Crippen molar-refractivity contribution in [2.75, 3.05) is 24.7 Å². The van der Waals surface area contributed by atoms with Crippen molar-refractivity contribution < 1.29 is 18.0 Å². The van der Waals surface area contributed by atoms with Gasteiger partial charge in [0.2, 0.25) is 11.8 Å². The lowest BCUT2D eigenvalue weighted by Gasteiger charge is -2.29. The van der Waals surface area contributed by atoms with Crippen LogP contribution in [0.2, 0.25) is 0 Å². The van der Waals surface area contributed by atoms with E-state index in [-0.39, 0.29) is 29.4 Å². The highest BCUT2D eigenvalue weighted by atomic mass is 32.2. The molecule has 1 aromatic carbocycles. The number of amides is 2. The Labute approximate surface area is 160 Å². The minimum absolute atomic E-state index is 0.196. The fraction of sp³-hybridized carbons (Fsp3) is 0.600. The van der Waals surface area contributed by atoms with Crippen LogP contribution in [0.4, 0.5) is 0 Å². The third-order valence-corrected chi connectivity index (χ3v) is 7.55. The second-order valence-electron chi connectivity index (χ2n) is 8.03. The average molecular weight is 391 g/mol. The molecule has 0 N–H and O–H groups in total. The van der Waals surface area contributed by atoms with Crippen molar-refractivity contribution in [1.29, 1.82) is 0 Å². The quantitative estimate of drug-likeness (QED) is 0.782. The summed E-state index contributed by atoms with van der Waals surface area (Å²) in [5.74, 6) is -0.742. The van der Waals surface area contributed by atoms with Gasteiger partial charge in [-0.1, -0.05) is 24.3 Å². The number of rotatable bonds is 3. The summed E-state index contributed by atoms with van der Waals surface area (Å²) >= 11 is 0. The molecule has 146 valence electrons. The first-order chi connectivity index (χ1) is 12.9. The summed E-state index contributed by atoms with van der Waals surface area (Å²) in [6.45, 7) is 1.33. The van der Waals surface area contributed by atoms with Gasteiger partial charge in [-0.3, -0.25) is 9.59 Å². The number of hydrogen-bond acceptors (Lipinski definition) is 4. The highest BCUT2D eigenvalue weighted by molar-refractivity contribution is 7.91. The maximum atomic E-state index is 12.9. The lowest BCUT2D eigenvalue weighted by Crippen LogP contribution is -2.48. The van der Waals surface area contributed by atoms with Crippen LogP contribution in [0.1, 0.15) is 36.8 Å². The summed E-state index contributed by atoms with van der Waals surface area (Å²) in [4.78, 5) is 28.7. The standard InChI is InChI=1S/C20H26N2O4S/c23-19(12-15-7-8-16-5-1-2-6-17(16)11-15)22-14-27(25,26)13-18(22)20(24)21-9-3-4-10-21/h1-2,5-6,15,18H,3-4,7-14H2/t15-,18-/m0/s1. The Balaban J connectivity index is 1.45. The summed E-state index contributed by atoms with van der Waals surface area (Å²) in [6, 6.07) is 7.45. The molecule has 0 bridgehead atoms. The van der Waals surface area contributed by atoms with Gasteiger partial charge in [0, 0.05) is 19.5 Å². The molecule has 0 aromatic heterocycles. The van der Waals surface area contributed by atoms with Crippen LogP contribution in [-0.4, -0.2) is 60.8 Å². The van der Waals surface area contributed by atoms with Gasteiger partial charge in [-0.15, -0.1) is 0 Å². The molecular weight excluding hydrogens is 364 g/mol. The molecule has 2 atom stereocenters. The van der Waals surface area contributed by atoms with Crippen LogP contribution in [0.3, 0.4) is 0 Å². The number of fused-ring (bicyclic) bond motifs is 1. The Kier molecular flexibility index (Phi) is 4.97. The first-order valence-electron chi connectivity index (χ1n) is 9.78. The summed E-state index contributed by atoms with van der Waals surface area (Å²) in [5, 5.41) is 0. The van der Waals surface area contributed by atoms with E-state index in [1.165, 1.54) is 16.0 Å². The number of aryl methyl sites for hydroxylation is 1. The van der Waals surface area contributed by atoms with Gasteiger partial charge in [-0.2, -0.15) is 0 Å². The molecule has 0 spiro atoms. The average Bonchev–Trinajstić information content (AvgIpc) is 3.28. The molecular formula is C20H26N2O4S. The van der Waals surface area contributed by atoms with Gasteiger partial charge in [0.15, 0.2) is 9.84 Å². The van der Waals surface area contributed by atoms with E-state index in [4.69, 9.17) is 0 Å². The molecule has 2 aliphatic heterocycles. The second kappa shape index (κ2) is 7.26. The molecule has 2 saturated heterocycles. The van der Waals surface area contributed by atoms with Crippen molar-refractivity contribution >= 4 is 21.7 Å². The van der Waals surface area contributed by atoms with Crippen molar-refractivity contribution in [3.63, 3.8) is 0 Å². The molecule has 7 heteroatoms. The van der Waals surface area contributed by atoms with Gasteiger partial charge >= 0.3 is 0 Å². The Hall–Kier alpha value is -1.89. The maximum Gasteiger partial charge on any atom is 0.246 e. The normalized spacial score (nSPS) is 26.8. The van der Waals surface area contributed by atoms with Gasteiger partial charge in [-0.25, -0.2) is 8.42 Å². The van der Waals surface area contributed by atoms with Crippen LogP contribution < -0.4 is 0 Å². The number of benzene rings is 1. The van der Waals surface area contributed by atoms with Crippen LogP contribution in [0.25, 0.3) is 0 Å². The van der Waals surface area contributed by atoms with Crippen LogP contribution in [0, 0.1) is 5.92 Å². The Bertz CT molecular complexity index is 845. The van der Waals surface area contributed by atoms with Crippen molar-refractivity contribution in [2.24, 2.45) is 5.92 Å². The lowest BCUT2D eigenvalue weighted by molar-refractivity contribution is -0.143. The SMILES string of the molecule is O=C([C@@H]1CS(=O)(=O)CN1C(=O)C[C@H]1CCc2ccccc2C1)N1CCCC1. The van der Waals surface area contributed by atoms with Gasteiger partial charge in [0.05, 0.1) is 5.75 Å². The van der Waals surface area contributed by atoms with E-state index >= 15 is 0 Å². The van der Waals surface area contributed by atoms with Crippen LogP contribution >= 0.6 is 0 Å². The Morgan fingerprint density at radius 2 is 1.78 bits per heavy atom. The van der Waals surface area contributed by atoms with Crippen LogP contribution in [0.5, 0.6) is 0 Å².